The molecule has 0 bridgehead atoms. The van der Waals surface area contributed by atoms with E-state index in [1.54, 1.807) is 42.9 Å². The van der Waals surface area contributed by atoms with Gasteiger partial charge < -0.3 is 18.3 Å². The summed E-state index contributed by atoms with van der Waals surface area (Å²) >= 11 is 0. The van der Waals surface area contributed by atoms with Gasteiger partial charge in [-0.3, -0.25) is 15.0 Å². The number of hydrazine groups is 1. The van der Waals surface area contributed by atoms with Crippen LogP contribution in [-0.2, 0) is 14.3 Å². The highest BCUT2D eigenvalue weighted by Crippen LogP contribution is 2.44. The maximum absolute atomic E-state index is 13.2. The van der Waals surface area contributed by atoms with Crippen LogP contribution in [0.4, 0.5) is 0 Å². The Hall–Kier alpha value is -4.53. The second-order valence-corrected chi connectivity index (χ2v) is 8.37. The second-order valence-electron chi connectivity index (χ2n) is 8.37. The van der Waals surface area contributed by atoms with Gasteiger partial charge in [0.2, 0.25) is 0 Å². The third-order valence-corrected chi connectivity index (χ3v) is 6.03. The molecule has 1 aliphatic heterocycles. The summed E-state index contributed by atoms with van der Waals surface area (Å²) in [7, 11) is 0. The molecule has 184 valence electrons. The van der Waals surface area contributed by atoms with Crippen LogP contribution in [0.15, 0.2) is 86.7 Å². The van der Waals surface area contributed by atoms with Gasteiger partial charge in [-0.15, -0.1) is 0 Å². The van der Waals surface area contributed by atoms with Crippen molar-refractivity contribution in [1.29, 1.82) is 0 Å². The lowest BCUT2D eigenvalue weighted by molar-refractivity contribution is -0.155. The molecule has 0 spiro atoms. The van der Waals surface area contributed by atoms with E-state index in [0.29, 0.717) is 23.4 Å². The summed E-state index contributed by atoms with van der Waals surface area (Å²) < 4.78 is 21.7. The molecule has 0 saturated carbocycles. The van der Waals surface area contributed by atoms with Gasteiger partial charge >= 0.3 is 5.97 Å². The highest BCUT2D eigenvalue weighted by Gasteiger charge is 2.41. The monoisotopic (exact) mass is 488 g/mol. The lowest BCUT2D eigenvalue weighted by Crippen LogP contribution is -2.42. The van der Waals surface area contributed by atoms with Gasteiger partial charge in [0, 0.05) is 5.56 Å². The van der Waals surface area contributed by atoms with Crippen LogP contribution in [-0.4, -0.2) is 36.4 Å². The van der Waals surface area contributed by atoms with Crippen LogP contribution in [0, 0.1) is 0 Å². The molecule has 1 aromatic carbocycles. The minimum atomic E-state index is -0.687. The number of aldehydes is 1. The van der Waals surface area contributed by atoms with Gasteiger partial charge in [-0.2, -0.15) is 0 Å². The number of carbonyl (C=O) groups is 3. The molecule has 3 aromatic rings. The molecule has 3 heterocycles. The summed E-state index contributed by atoms with van der Waals surface area (Å²) in [5.74, 6) is 0.651. The summed E-state index contributed by atoms with van der Waals surface area (Å²) in [4.78, 5) is 36.1. The Kier molecular flexibility index (Phi) is 6.70. The first-order valence-electron chi connectivity index (χ1n) is 11.6. The van der Waals surface area contributed by atoms with E-state index in [0.717, 1.165) is 41.9 Å². The fraction of sp³-hybridized carbons (Fsp3) is 0.222. The summed E-state index contributed by atoms with van der Waals surface area (Å²) in [5, 5.41) is 1.46. The first kappa shape index (κ1) is 23.2. The standard InChI is InChI=1S/C27H24N2O7/c30-15-18-8-10-20(11-9-18)35-17-25(32)36-16-24(31)29-27(23-7-3-13-34-23)22-6-1-4-19(26(22)28-29)14-21-5-2-12-33-21/h2-3,5,7-15,27-28H,1,4,6,16-17H2/b19-14+/t27-/m1/s1. The number of benzene rings is 1. The molecule has 5 rings (SSSR count). The second kappa shape index (κ2) is 10.4. The summed E-state index contributed by atoms with van der Waals surface area (Å²) in [6.45, 7) is -0.832. The van der Waals surface area contributed by atoms with E-state index >= 15 is 0 Å². The van der Waals surface area contributed by atoms with Gasteiger partial charge in [0.1, 0.15) is 29.6 Å². The predicted octanol–water partition coefficient (Wildman–Crippen LogP) is 4.22. The molecule has 1 atom stereocenters. The van der Waals surface area contributed by atoms with Gasteiger partial charge in [0.05, 0.1) is 18.2 Å². The first-order chi connectivity index (χ1) is 17.6. The van der Waals surface area contributed by atoms with Gasteiger partial charge in [-0.25, -0.2) is 9.80 Å². The van der Waals surface area contributed by atoms with Crippen LogP contribution in [0.5, 0.6) is 5.75 Å². The van der Waals surface area contributed by atoms with Gasteiger partial charge in [0.25, 0.3) is 5.91 Å². The Morgan fingerprint density at radius 3 is 2.56 bits per heavy atom. The van der Waals surface area contributed by atoms with Gasteiger partial charge in [-0.05, 0) is 85.0 Å². The molecule has 0 unspecified atom stereocenters. The smallest absolute Gasteiger partial charge is 0.344 e. The third kappa shape index (κ3) is 4.95. The number of hydrogen-bond donors (Lipinski definition) is 1. The van der Waals surface area contributed by atoms with E-state index in [4.69, 9.17) is 18.3 Å². The van der Waals surface area contributed by atoms with Crippen molar-refractivity contribution in [3.8, 4) is 5.75 Å². The van der Waals surface area contributed by atoms with Crippen molar-refractivity contribution in [3.63, 3.8) is 0 Å². The maximum Gasteiger partial charge on any atom is 0.344 e. The van der Waals surface area contributed by atoms with Crippen molar-refractivity contribution in [2.24, 2.45) is 0 Å². The van der Waals surface area contributed by atoms with Crippen LogP contribution < -0.4 is 10.2 Å². The SMILES string of the molecule is O=Cc1ccc(OCC(=O)OCC(=O)N2NC3=C(CCC/C3=C\c3ccco3)[C@@H]2c2ccco2)cc1. The summed E-state index contributed by atoms with van der Waals surface area (Å²) in [5.41, 5.74) is 6.66. The molecular formula is C27H24N2O7. The lowest BCUT2D eigenvalue weighted by atomic mass is 9.88. The van der Waals surface area contributed by atoms with Crippen LogP contribution >= 0.6 is 0 Å². The van der Waals surface area contributed by atoms with E-state index in [2.05, 4.69) is 5.43 Å². The van der Waals surface area contributed by atoms with Crippen LogP contribution in [0.3, 0.4) is 0 Å². The van der Waals surface area contributed by atoms with E-state index in [9.17, 15) is 14.4 Å². The summed E-state index contributed by atoms with van der Waals surface area (Å²) in [6.07, 6.45) is 8.42. The van der Waals surface area contributed by atoms with Crippen LogP contribution in [0.2, 0.25) is 0 Å². The maximum atomic E-state index is 13.2. The Bertz CT molecular complexity index is 1290. The number of carbonyl (C=O) groups excluding carboxylic acids is 3. The fourth-order valence-corrected chi connectivity index (χ4v) is 4.36. The molecule has 2 aromatic heterocycles. The average molecular weight is 488 g/mol. The molecular weight excluding hydrogens is 464 g/mol. The van der Waals surface area contributed by atoms with E-state index in [-0.39, 0.29) is 6.61 Å². The fourth-order valence-electron chi connectivity index (χ4n) is 4.36. The summed E-state index contributed by atoms with van der Waals surface area (Å²) in [6, 6.07) is 13.2. The Labute approximate surface area is 206 Å². The number of amides is 1. The topological polar surface area (TPSA) is 111 Å². The molecule has 0 saturated heterocycles. The number of hydrogen-bond acceptors (Lipinski definition) is 8. The minimum Gasteiger partial charge on any atom is -0.482 e. The van der Waals surface area contributed by atoms with Gasteiger partial charge in [0.15, 0.2) is 13.2 Å². The molecule has 0 fully saturated rings. The number of esters is 1. The average Bonchev–Trinajstić information content (AvgIpc) is 3.67. The Morgan fingerprint density at radius 1 is 1.03 bits per heavy atom. The third-order valence-electron chi connectivity index (χ3n) is 6.03. The molecule has 36 heavy (non-hydrogen) atoms. The highest BCUT2D eigenvalue weighted by atomic mass is 16.6. The molecule has 9 heteroatoms. The normalized spacial score (nSPS) is 18.1. The van der Waals surface area contributed by atoms with E-state index in [1.807, 2.05) is 24.3 Å². The van der Waals surface area contributed by atoms with Crippen molar-refractivity contribution in [2.75, 3.05) is 13.2 Å². The quantitative estimate of drug-likeness (QED) is 0.371. The highest BCUT2D eigenvalue weighted by molar-refractivity contribution is 5.82. The molecule has 1 aliphatic carbocycles. The zero-order valence-electron chi connectivity index (χ0n) is 19.3. The van der Waals surface area contributed by atoms with Crippen molar-refractivity contribution < 1.29 is 32.7 Å². The van der Waals surface area contributed by atoms with Crippen molar-refractivity contribution in [2.45, 2.75) is 25.3 Å². The number of nitrogens with zero attached hydrogens (tertiary/aromatic N) is 1. The Balaban J connectivity index is 1.26. The van der Waals surface area contributed by atoms with Crippen LogP contribution in [0.25, 0.3) is 6.08 Å². The number of furan rings is 2. The number of rotatable bonds is 8. The number of allylic oxidation sites excluding steroid dienone is 1. The number of nitrogens with one attached hydrogen (secondary N) is 1. The van der Waals surface area contributed by atoms with E-state index < -0.39 is 24.5 Å². The molecule has 9 nitrogen and oxygen atoms in total. The lowest BCUT2D eigenvalue weighted by Gasteiger charge is -2.24. The largest absolute Gasteiger partial charge is 0.482 e. The van der Waals surface area contributed by atoms with Crippen molar-refractivity contribution >= 4 is 24.2 Å². The van der Waals surface area contributed by atoms with Crippen molar-refractivity contribution in [3.05, 3.63) is 95.0 Å². The van der Waals surface area contributed by atoms with Crippen LogP contribution in [0.1, 0.15) is 47.2 Å². The van der Waals surface area contributed by atoms with Crippen molar-refractivity contribution in [1.82, 2.24) is 10.4 Å². The van der Waals surface area contributed by atoms with E-state index in [1.165, 1.54) is 5.01 Å². The van der Waals surface area contributed by atoms with Gasteiger partial charge in [-0.1, -0.05) is 0 Å². The predicted molar refractivity (Wildman–Crippen MR) is 127 cm³/mol. The first-order valence-corrected chi connectivity index (χ1v) is 11.6. The molecule has 2 aliphatic rings. The zero-order chi connectivity index (χ0) is 24.9. The molecule has 1 amide bonds. The minimum absolute atomic E-state index is 0.368. The Morgan fingerprint density at radius 2 is 1.83 bits per heavy atom. The molecule has 0 radical (unpaired) electrons. The zero-order valence-corrected chi connectivity index (χ0v) is 19.3. The number of ether oxygens (including phenoxy) is 2. The molecule has 1 N–H and O–H groups in total.